The normalized spacial score (nSPS) is 0. The molecule has 0 aliphatic rings. The van der Waals surface area contributed by atoms with Gasteiger partial charge in [-0.15, -0.1) is 0 Å². The minimum atomic E-state index is 0. The molecule has 10 heteroatoms. The van der Waals surface area contributed by atoms with Crippen molar-refractivity contribution in [2.24, 2.45) is 0 Å². The summed E-state index contributed by atoms with van der Waals surface area (Å²) in [7, 11) is 0. The van der Waals surface area contributed by atoms with E-state index in [1.54, 1.807) is 0 Å². The maximum absolute atomic E-state index is 0. The molecule has 0 heterocycles. The average molecular weight is 238 g/mol. The Morgan fingerprint density at radius 2 is 0.400 bits per heavy atom. The summed E-state index contributed by atoms with van der Waals surface area (Å²) < 4.78 is 0. The first-order valence-corrected chi connectivity index (χ1v) is 0. The van der Waals surface area contributed by atoms with E-state index in [0.717, 1.165) is 0 Å². The molecule has 48 valence electrons. The van der Waals surface area contributed by atoms with Crippen LogP contribution in [0.2, 0.25) is 0 Å². The molecule has 0 spiro atoms. The van der Waals surface area contributed by atoms with Gasteiger partial charge >= 0.3 is 94.2 Å². The third-order valence-electron chi connectivity index (χ3n) is 0. The minimum Gasteiger partial charge on any atom is -2.00 e. The van der Waals surface area contributed by atoms with Gasteiger partial charge in [0.2, 0.25) is 0 Å². The third kappa shape index (κ3) is 132. The standard InChI is InChI=1S/2Al.Ca.6O.Ti/q2*+3;+2;6*-2;+4. The molecule has 0 amide bonds. The summed E-state index contributed by atoms with van der Waals surface area (Å²) in [4.78, 5) is 0. The van der Waals surface area contributed by atoms with E-state index in [-0.39, 0.29) is 127 Å². The molecule has 6 nitrogen and oxygen atoms in total. The molecule has 0 bridgehead atoms. The van der Waals surface area contributed by atoms with Crippen molar-refractivity contribution in [3.05, 3.63) is 0 Å². The Bertz CT molecular complexity index is 15.7. The van der Waals surface area contributed by atoms with Crippen molar-refractivity contribution in [3.63, 3.8) is 0 Å². The van der Waals surface area contributed by atoms with Crippen molar-refractivity contribution < 1.29 is 54.6 Å². The van der Waals surface area contributed by atoms with Crippen LogP contribution in [0, 0.1) is 0 Å². The van der Waals surface area contributed by atoms with Crippen molar-refractivity contribution in [1.82, 2.24) is 0 Å². The number of hydrogen-bond donors (Lipinski definition) is 0. The van der Waals surface area contributed by atoms with Gasteiger partial charge in [0.05, 0.1) is 0 Å². The van der Waals surface area contributed by atoms with Crippen molar-refractivity contribution in [1.29, 1.82) is 0 Å². The second kappa shape index (κ2) is 176. The van der Waals surface area contributed by atoms with Crippen LogP contribution in [0.4, 0.5) is 0 Å². The van der Waals surface area contributed by atoms with E-state index >= 15 is 0 Å². The van der Waals surface area contributed by atoms with Crippen LogP contribution in [0.25, 0.3) is 0 Å². The molecular formula is Al2CaO6Ti. The molecule has 0 aliphatic carbocycles. The molecule has 0 unspecified atom stereocenters. The molecule has 0 aromatic carbocycles. The topological polar surface area (TPSA) is 171 Å². The molecule has 0 aliphatic heterocycles. The van der Waals surface area contributed by atoms with Crippen molar-refractivity contribution >= 4 is 72.5 Å². The van der Waals surface area contributed by atoms with Crippen LogP contribution in [0.3, 0.4) is 0 Å². The zero-order valence-corrected chi connectivity index (χ0v) is 10.9. The third-order valence-corrected chi connectivity index (χ3v) is 0. The first-order valence-electron chi connectivity index (χ1n) is 0. The first kappa shape index (κ1) is 227. The van der Waals surface area contributed by atoms with Crippen molar-refractivity contribution in [2.75, 3.05) is 0 Å². The number of rotatable bonds is 0. The first-order chi connectivity index (χ1) is 0. The second-order valence-corrected chi connectivity index (χ2v) is 0. The predicted molar refractivity (Wildman–Crippen MR) is 21.4 cm³/mol. The maximum atomic E-state index is 0. The molecular weight excluding hydrogens is 238 g/mol. The Balaban J connectivity index is 0. The second-order valence-electron chi connectivity index (χ2n) is 0. The van der Waals surface area contributed by atoms with E-state index in [2.05, 4.69) is 0 Å². The van der Waals surface area contributed by atoms with Crippen LogP contribution in [0.15, 0.2) is 0 Å². The van der Waals surface area contributed by atoms with Crippen LogP contribution >= 0.6 is 0 Å². The molecule has 10 heavy (non-hydrogen) atoms. The summed E-state index contributed by atoms with van der Waals surface area (Å²) in [5.41, 5.74) is 0. The Kier molecular flexibility index (Phi) is 3990. The quantitative estimate of drug-likeness (QED) is 0.431. The van der Waals surface area contributed by atoms with Crippen molar-refractivity contribution in [2.45, 2.75) is 0 Å². The molecule has 0 atom stereocenters. The van der Waals surface area contributed by atoms with Gasteiger partial charge in [-0.3, -0.25) is 0 Å². The van der Waals surface area contributed by atoms with Gasteiger partial charge in [-0.25, -0.2) is 0 Å². The van der Waals surface area contributed by atoms with E-state index < -0.39 is 0 Å². The number of hydrogen-bond acceptors (Lipinski definition) is 0. The van der Waals surface area contributed by atoms with Gasteiger partial charge in [-0.2, -0.15) is 0 Å². The molecule has 0 fully saturated rings. The van der Waals surface area contributed by atoms with Crippen LogP contribution in [0.1, 0.15) is 0 Å². The SMILES string of the molecule is [Al+3].[Al+3].[Ca+2].[O-2].[O-2].[O-2].[O-2].[O-2].[O-2].[Ti+4]. The smallest absolute Gasteiger partial charge is 2.00 e. The van der Waals surface area contributed by atoms with Crippen LogP contribution in [0.5, 0.6) is 0 Å². The predicted octanol–water partition coefficient (Wildman–Crippen LogP) is -1.86. The van der Waals surface area contributed by atoms with Gasteiger partial charge in [-0.1, -0.05) is 0 Å². The minimum absolute atomic E-state index is 0. The maximum Gasteiger partial charge on any atom is 4.00 e. The summed E-state index contributed by atoms with van der Waals surface area (Å²) in [6.45, 7) is 0. The average Bonchev–Trinajstić information content (AvgIpc) is 0. The molecule has 0 radical (unpaired) electrons. The van der Waals surface area contributed by atoms with E-state index in [1.165, 1.54) is 0 Å². The van der Waals surface area contributed by atoms with Gasteiger partial charge < -0.3 is 32.9 Å². The fraction of sp³-hybridized carbons (Fsp3) is 0. The zero-order valence-electron chi connectivity index (χ0n) is 4.81. The molecule has 0 saturated carbocycles. The molecule has 0 saturated heterocycles. The van der Waals surface area contributed by atoms with E-state index in [0.29, 0.717) is 0 Å². The Morgan fingerprint density at radius 3 is 0.400 bits per heavy atom. The summed E-state index contributed by atoms with van der Waals surface area (Å²) in [6, 6.07) is 0. The van der Waals surface area contributed by atoms with Crippen molar-refractivity contribution in [3.8, 4) is 0 Å². The fourth-order valence-corrected chi connectivity index (χ4v) is 0. The van der Waals surface area contributed by atoms with E-state index in [1.807, 2.05) is 0 Å². The summed E-state index contributed by atoms with van der Waals surface area (Å²) in [5, 5.41) is 0. The Morgan fingerprint density at radius 1 is 0.400 bits per heavy atom. The molecule has 0 N–H and O–H groups in total. The van der Waals surface area contributed by atoms with Crippen LogP contribution in [-0.4, -0.2) is 72.5 Å². The summed E-state index contributed by atoms with van der Waals surface area (Å²) in [5.74, 6) is 0. The van der Waals surface area contributed by atoms with Crippen LogP contribution in [-0.2, 0) is 54.6 Å². The van der Waals surface area contributed by atoms with Gasteiger partial charge in [0.1, 0.15) is 0 Å². The molecule has 0 aromatic rings. The molecule has 0 aromatic heterocycles. The van der Waals surface area contributed by atoms with Crippen LogP contribution < -0.4 is 0 Å². The summed E-state index contributed by atoms with van der Waals surface area (Å²) in [6.07, 6.45) is 0. The zero-order chi connectivity index (χ0) is 0. The van der Waals surface area contributed by atoms with Gasteiger partial charge in [0, 0.05) is 0 Å². The Hall–Kier alpha value is 2.80. The largest absolute Gasteiger partial charge is 4.00 e. The fourth-order valence-electron chi connectivity index (χ4n) is 0. The molecule has 0 rings (SSSR count). The van der Waals surface area contributed by atoms with Gasteiger partial charge in [0.15, 0.2) is 0 Å². The van der Waals surface area contributed by atoms with Gasteiger partial charge in [0.25, 0.3) is 0 Å². The monoisotopic (exact) mass is 238 g/mol. The van der Waals surface area contributed by atoms with E-state index in [9.17, 15) is 0 Å². The van der Waals surface area contributed by atoms with Gasteiger partial charge in [-0.05, 0) is 0 Å². The van der Waals surface area contributed by atoms with E-state index in [4.69, 9.17) is 0 Å². The Labute approximate surface area is 125 Å². The summed E-state index contributed by atoms with van der Waals surface area (Å²) >= 11 is 0.